The topological polar surface area (TPSA) is 99.1 Å². The maximum absolute atomic E-state index is 13.7. The van der Waals surface area contributed by atoms with Crippen molar-refractivity contribution in [3.63, 3.8) is 0 Å². The van der Waals surface area contributed by atoms with Crippen molar-refractivity contribution in [3.05, 3.63) is 59.9 Å². The van der Waals surface area contributed by atoms with Crippen LogP contribution in [-0.2, 0) is 14.8 Å². The van der Waals surface area contributed by atoms with Crippen molar-refractivity contribution in [2.45, 2.75) is 37.2 Å². The predicted octanol–water partition coefficient (Wildman–Crippen LogP) is 2.45. The molecule has 0 radical (unpaired) electrons. The van der Waals surface area contributed by atoms with Gasteiger partial charge in [-0.15, -0.1) is 4.40 Å². The zero-order chi connectivity index (χ0) is 22.4. The van der Waals surface area contributed by atoms with E-state index in [2.05, 4.69) is 9.71 Å². The van der Waals surface area contributed by atoms with Crippen LogP contribution in [0, 0.1) is 11.2 Å². The maximum Gasteiger partial charge on any atom is 0.285 e. The average Bonchev–Trinajstić information content (AvgIpc) is 3.42. The number of aliphatic hydroxyl groups is 1. The largest absolute Gasteiger partial charge is 0.380 e. The standard InChI is InChI=1S/C22H24FN3O4S/c1-21(2,13-24-20(27)22(28)10-11-22)14-26(16-6-4-3-5-7-16)19-17-9-8-15(23)12-18(17)31(29,30)25-19/h3-9,12,28H,10-11,13-14H2,1-2H3,(H,24,27). The van der Waals surface area contributed by atoms with Gasteiger partial charge in [0.1, 0.15) is 16.3 Å². The van der Waals surface area contributed by atoms with Crippen LogP contribution in [-0.4, -0.2) is 44.0 Å². The number of anilines is 1. The third-order valence-electron chi connectivity index (χ3n) is 5.45. The van der Waals surface area contributed by atoms with Crippen LogP contribution < -0.4 is 10.2 Å². The smallest absolute Gasteiger partial charge is 0.285 e. The Morgan fingerprint density at radius 1 is 1.23 bits per heavy atom. The summed E-state index contributed by atoms with van der Waals surface area (Å²) in [6.07, 6.45) is 0.912. The fourth-order valence-corrected chi connectivity index (χ4v) is 4.73. The molecule has 2 aromatic carbocycles. The molecular formula is C22H24FN3O4S. The second-order valence-corrected chi connectivity index (χ2v) is 10.4. The number of nitrogens with one attached hydrogen (secondary N) is 1. The van der Waals surface area contributed by atoms with Crippen molar-refractivity contribution in [2.24, 2.45) is 9.81 Å². The first kappa shape index (κ1) is 21.5. The summed E-state index contributed by atoms with van der Waals surface area (Å²) in [6, 6.07) is 12.8. The van der Waals surface area contributed by atoms with Gasteiger partial charge in [-0.05, 0) is 43.2 Å². The monoisotopic (exact) mass is 445 g/mol. The Hall–Kier alpha value is -2.78. The highest BCUT2D eigenvalue weighted by Crippen LogP contribution is 2.36. The van der Waals surface area contributed by atoms with E-state index in [1.807, 2.05) is 44.2 Å². The van der Waals surface area contributed by atoms with Gasteiger partial charge in [-0.1, -0.05) is 32.0 Å². The summed E-state index contributed by atoms with van der Waals surface area (Å²) in [4.78, 5) is 13.8. The number of rotatable bonds is 6. The normalized spacial score (nSPS) is 18.1. The molecule has 0 unspecified atom stereocenters. The molecule has 1 heterocycles. The summed E-state index contributed by atoms with van der Waals surface area (Å²) < 4.78 is 42.8. The fourth-order valence-electron chi connectivity index (χ4n) is 3.51. The summed E-state index contributed by atoms with van der Waals surface area (Å²) in [7, 11) is -4.02. The Balaban J connectivity index is 1.66. The first-order chi connectivity index (χ1) is 14.5. The number of fused-ring (bicyclic) bond motifs is 1. The van der Waals surface area contributed by atoms with Crippen molar-refractivity contribution in [3.8, 4) is 0 Å². The second kappa shape index (κ2) is 7.42. The summed E-state index contributed by atoms with van der Waals surface area (Å²) in [5.41, 5.74) is -0.723. The van der Waals surface area contributed by atoms with Crippen molar-refractivity contribution in [2.75, 3.05) is 18.0 Å². The van der Waals surface area contributed by atoms with Crippen LogP contribution in [0.4, 0.5) is 10.1 Å². The molecule has 9 heteroatoms. The maximum atomic E-state index is 13.7. The van der Waals surface area contributed by atoms with Crippen LogP contribution in [0.2, 0.25) is 0 Å². The van der Waals surface area contributed by atoms with E-state index in [0.717, 1.165) is 6.07 Å². The van der Waals surface area contributed by atoms with E-state index in [1.54, 1.807) is 4.90 Å². The van der Waals surface area contributed by atoms with Crippen LogP contribution in [0.1, 0.15) is 32.3 Å². The number of hydrogen-bond donors (Lipinski definition) is 2. The highest BCUT2D eigenvalue weighted by molar-refractivity contribution is 7.90. The molecule has 164 valence electrons. The van der Waals surface area contributed by atoms with E-state index < -0.39 is 32.8 Å². The molecule has 0 spiro atoms. The highest BCUT2D eigenvalue weighted by atomic mass is 32.2. The van der Waals surface area contributed by atoms with Gasteiger partial charge in [0, 0.05) is 29.8 Å². The van der Waals surface area contributed by atoms with E-state index in [-0.39, 0.29) is 17.3 Å². The van der Waals surface area contributed by atoms with Gasteiger partial charge >= 0.3 is 0 Å². The number of carbonyl (C=O) groups is 1. The van der Waals surface area contributed by atoms with Gasteiger partial charge in [-0.25, -0.2) is 4.39 Å². The van der Waals surface area contributed by atoms with Gasteiger partial charge in [0.25, 0.3) is 15.9 Å². The Morgan fingerprint density at radius 3 is 2.55 bits per heavy atom. The van der Waals surface area contributed by atoms with Gasteiger partial charge in [0.05, 0.1) is 0 Å². The summed E-state index contributed by atoms with van der Waals surface area (Å²) >= 11 is 0. The number of carbonyl (C=O) groups excluding carboxylic acids is 1. The lowest BCUT2D eigenvalue weighted by Gasteiger charge is -2.34. The molecule has 1 aliphatic carbocycles. The molecule has 4 rings (SSSR count). The van der Waals surface area contributed by atoms with Gasteiger partial charge < -0.3 is 15.3 Å². The quantitative estimate of drug-likeness (QED) is 0.712. The summed E-state index contributed by atoms with van der Waals surface area (Å²) in [5.74, 6) is -0.832. The SMILES string of the molecule is CC(C)(CNC(=O)C1(O)CC1)CN(C1=NS(=O)(=O)c2cc(F)ccc21)c1ccccc1. The number of halogens is 1. The van der Waals surface area contributed by atoms with Crippen molar-refractivity contribution < 1.29 is 22.7 Å². The molecule has 0 aromatic heterocycles. The molecule has 1 aliphatic heterocycles. The van der Waals surface area contributed by atoms with Crippen LogP contribution in [0.5, 0.6) is 0 Å². The third-order valence-corrected chi connectivity index (χ3v) is 6.76. The van der Waals surface area contributed by atoms with Crippen molar-refractivity contribution in [1.29, 1.82) is 0 Å². The zero-order valence-corrected chi connectivity index (χ0v) is 18.1. The van der Waals surface area contributed by atoms with Gasteiger partial charge in [-0.2, -0.15) is 8.42 Å². The molecule has 31 heavy (non-hydrogen) atoms. The van der Waals surface area contributed by atoms with E-state index >= 15 is 0 Å². The van der Waals surface area contributed by atoms with E-state index in [9.17, 15) is 22.7 Å². The van der Waals surface area contributed by atoms with Gasteiger partial charge in [0.15, 0.2) is 5.84 Å². The number of sulfonamides is 1. The van der Waals surface area contributed by atoms with Crippen molar-refractivity contribution in [1.82, 2.24) is 5.32 Å². The third kappa shape index (κ3) is 4.33. The molecular weight excluding hydrogens is 421 g/mol. The van der Waals surface area contributed by atoms with Crippen LogP contribution in [0.25, 0.3) is 0 Å². The first-order valence-corrected chi connectivity index (χ1v) is 11.4. The Morgan fingerprint density at radius 2 is 1.90 bits per heavy atom. The fraction of sp³-hybridized carbons (Fsp3) is 0.364. The van der Waals surface area contributed by atoms with Gasteiger partial charge in [-0.3, -0.25) is 4.79 Å². The van der Waals surface area contributed by atoms with E-state index in [0.29, 0.717) is 30.6 Å². The molecule has 0 saturated heterocycles. The summed E-state index contributed by atoms with van der Waals surface area (Å²) in [6.45, 7) is 4.44. The lowest BCUT2D eigenvalue weighted by Crippen LogP contribution is -2.47. The Kier molecular flexibility index (Phi) is 5.13. The molecule has 2 N–H and O–H groups in total. The molecule has 1 saturated carbocycles. The van der Waals surface area contributed by atoms with Crippen LogP contribution >= 0.6 is 0 Å². The molecule has 1 fully saturated rings. The summed E-state index contributed by atoms with van der Waals surface area (Å²) in [5, 5.41) is 12.8. The number of amidine groups is 1. The molecule has 2 aliphatic rings. The Bertz CT molecular complexity index is 1160. The molecule has 7 nitrogen and oxygen atoms in total. The van der Waals surface area contributed by atoms with Crippen molar-refractivity contribution >= 4 is 27.5 Å². The van der Waals surface area contributed by atoms with E-state index in [4.69, 9.17) is 0 Å². The van der Waals surface area contributed by atoms with Crippen LogP contribution in [0.3, 0.4) is 0 Å². The predicted molar refractivity (Wildman–Crippen MR) is 115 cm³/mol. The number of benzene rings is 2. The lowest BCUT2D eigenvalue weighted by atomic mass is 9.91. The van der Waals surface area contributed by atoms with E-state index in [1.165, 1.54) is 12.1 Å². The molecule has 2 aromatic rings. The lowest BCUT2D eigenvalue weighted by molar-refractivity contribution is -0.131. The number of amides is 1. The highest BCUT2D eigenvalue weighted by Gasteiger charge is 2.48. The molecule has 0 atom stereocenters. The minimum absolute atomic E-state index is 0.162. The van der Waals surface area contributed by atoms with Crippen LogP contribution in [0.15, 0.2) is 57.8 Å². The average molecular weight is 446 g/mol. The number of nitrogens with zero attached hydrogens (tertiary/aromatic N) is 2. The van der Waals surface area contributed by atoms with Gasteiger partial charge in [0.2, 0.25) is 0 Å². The first-order valence-electron chi connectivity index (χ1n) is 9.99. The number of hydrogen-bond acceptors (Lipinski definition) is 5. The second-order valence-electron chi connectivity index (χ2n) is 8.83. The molecule has 0 bridgehead atoms. The molecule has 1 amide bonds. The zero-order valence-electron chi connectivity index (χ0n) is 17.3. The minimum Gasteiger partial charge on any atom is -0.380 e. The Labute approximate surface area is 180 Å². The minimum atomic E-state index is -4.02. The number of para-hydroxylation sites is 1.